The highest BCUT2D eigenvalue weighted by Gasteiger charge is 2.18. The first-order valence-electron chi connectivity index (χ1n) is 10.4. The molecule has 164 valence electrons. The normalized spacial score (nSPS) is 11.2. The predicted octanol–water partition coefficient (Wildman–Crippen LogP) is 6.13. The Bertz CT molecular complexity index is 826. The van der Waals surface area contributed by atoms with Gasteiger partial charge in [0.05, 0.1) is 6.61 Å². The number of nitrogens with two attached hydrogens (primary N) is 1. The molecule has 0 aliphatic carbocycles. The van der Waals surface area contributed by atoms with Gasteiger partial charge in [-0.2, -0.15) is 0 Å². The van der Waals surface area contributed by atoms with Crippen LogP contribution in [0.1, 0.15) is 62.9 Å². The minimum atomic E-state index is -0.459. The van der Waals surface area contributed by atoms with Gasteiger partial charge < -0.3 is 10.5 Å². The standard InChI is InChI=1S/C22H26FNO3S.C2H6/c1-3-4-6-16(13-27-15(2)25)14-28-21-10-9-18(23)12-20(21)22(26)17-7-5-8-19(24)11-17;1-2/h5,7-12,16H,3-4,6,13-14,24H2,1-2H3;1-2H3. The van der Waals surface area contributed by atoms with Crippen LogP contribution in [0.5, 0.6) is 0 Å². The van der Waals surface area contributed by atoms with Crippen LogP contribution in [0.4, 0.5) is 10.1 Å². The first-order chi connectivity index (χ1) is 14.4. The van der Waals surface area contributed by atoms with Crippen molar-refractivity contribution in [3.63, 3.8) is 0 Å². The van der Waals surface area contributed by atoms with E-state index in [9.17, 15) is 14.0 Å². The molecule has 0 aromatic heterocycles. The second-order valence-electron chi connectivity index (χ2n) is 6.72. The minimum Gasteiger partial charge on any atom is -0.466 e. The number of ether oxygens (including phenoxy) is 1. The van der Waals surface area contributed by atoms with Gasteiger partial charge in [-0.05, 0) is 36.8 Å². The minimum absolute atomic E-state index is 0.175. The second-order valence-corrected chi connectivity index (χ2v) is 7.78. The van der Waals surface area contributed by atoms with Gasteiger partial charge in [-0.15, -0.1) is 11.8 Å². The number of anilines is 1. The molecule has 0 saturated heterocycles. The smallest absolute Gasteiger partial charge is 0.302 e. The van der Waals surface area contributed by atoms with Crippen LogP contribution in [0.25, 0.3) is 0 Å². The van der Waals surface area contributed by atoms with E-state index in [1.807, 2.05) is 13.8 Å². The lowest BCUT2D eigenvalue weighted by atomic mass is 10.0. The molecule has 4 nitrogen and oxygen atoms in total. The van der Waals surface area contributed by atoms with E-state index in [1.54, 1.807) is 30.3 Å². The summed E-state index contributed by atoms with van der Waals surface area (Å²) < 4.78 is 19.0. The van der Waals surface area contributed by atoms with Crippen LogP contribution in [-0.4, -0.2) is 24.1 Å². The van der Waals surface area contributed by atoms with E-state index in [0.717, 1.165) is 19.3 Å². The molecule has 0 aliphatic rings. The maximum absolute atomic E-state index is 13.8. The maximum Gasteiger partial charge on any atom is 0.302 e. The Labute approximate surface area is 183 Å². The van der Waals surface area contributed by atoms with Crippen LogP contribution < -0.4 is 5.73 Å². The number of halogens is 1. The predicted molar refractivity (Wildman–Crippen MR) is 122 cm³/mol. The van der Waals surface area contributed by atoms with E-state index in [4.69, 9.17) is 10.5 Å². The average Bonchev–Trinajstić information content (AvgIpc) is 2.74. The molecule has 2 aromatic rings. The van der Waals surface area contributed by atoms with Crippen molar-refractivity contribution in [2.24, 2.45) is 5.92 Å². The van der Waals surface area contributed by atoms with Gasteiger partial charge in [-0.25, -0.2) is 4.39 Å². The van der Waals surface area contributed by atoms with Crippen LogP contribution in [0.3, 0.4) is 0 Å². The molecule has 0 bridgehead atoms. The summed E-state index contributed by atoms with van der Waals surface area (Å²) in [5.74, 6) is -0.172. The number of carbonyl (C=O) groups is 2. The maximum atomic E-state index is 13.8. The van der Waals surface area contributed by atoms with Gasteiger partial charge in [-0.3, -0.25) is 9.59 Å². The lowest BCUT2D eigenvalue weighted by molar-refractivity contribution is -0.142. The fourth-order valence-corrected chi connectivity index (χ4v) is 3.94. The Morgan fingerprint density at radius 2 is 1.90 bits per heavy atom. The lowest BCUT2D eigenvalue weighted by Crippen LogP contribution is -2.15. The van der Waals surface area contributed by atoms with Crippen molar-refractivity contribution in [3.05, 3.63) is 59.4 Å². The number of hydrogen-bond donors (Lipinski definition) is 1. The van der Waals surface area contributed by atoms with E-state index < -0.39 is 5.82 Å². The van der Waals surface area contributed by atoms with E-state index in [2.05, 4.69) is 6.92 Å². The fraction of sp³-hybridized carbons (Fsp3) is 0.417. The Balaban J connectivity index is 0.00000218. The molecule has 30 heavy (non-hydrogen) atoms. The van der Waals surface area contributed by atoms with Crippen molar-refractivity contribution in [1.82, 2.24) is 0 Å². The molecule has 2 N–H and O–H groups in total. The SMILES string of the molecule is CC.CCCCC(COC(C)=O)CSc1ccc(F)cc1C(=O)c1cccc(N)c1. The number of rotatable bonds is 10. The summed E-state index contributed by atoms with van der Waals surface area (Å²) >= 11 is 1.48. The highest BCUT2D eigenvalue weighted by Crippen LogP contribution is 2.29. The Morgan fingerprint density at radius 1 is 1.17 bits per heavy atom. The van der Waals surface area contributed by atoms with Gasteiger partial charge in [0.2, 0.25) is 0 Å². The number of nitrogen functional groups attached to an aromatic ring is 1. The number of ketones is 1. The number of thioether (sulfide) groups is 1. The van der Waals surface area contributed by atoms with Crippen molar-refractivity contribution >= 4 is 29.2 Å². The van der Waals surface area contributed by atoms with Gasteiger partial charge in [0.15, 0.2) is 5.78 Å². The van der Waals surface area contributed by atoms with Crippen molar-refractivity contribution in [3.8, 4) is 0 Å². The third-order valence-electron chi connectivity index (χ3n) is 4.30. The van der Waals surface area contributed by atoms with Crippen molar-refractivity contribution in [2.45, 2.75) is 51.9 Å². The number of esters is 1. The summed E-state index contributed by atoms with van der Waals surface area (Å²) in [6.45, 7) is 7.85. The monoisotopic (exact) mass is 433 g/mol. The van der Waals surface area contributed by atoms with E-state index in [0.29, 0.717) is 34.1 Å². The summed E-state index contributed by atoms with van der Waals surface area (Å²) in [6, 6.07) is 10.9. The topological polar surface area (TPSA) is 69.4 Å². The molecule has 2 aromatic carbocycles. The zero-order valence-electron chi connectivity index (χ0n) is 18.2. The van der Waals surface area contributed by atoms with Crippen molar-refractivity contribution in [2.75, 3.05) is 18.1 Å². The van der Waals surface area contributed by atoms with E-state index in [-0.39, 0.29) is 17.7 Å². The van der Waals surface area contributed by atoms with Gasteiger partial charge in [0.1, 0.15) is 5.82 Å². The Kier molecular flexibility index (Phi) is 11.8. The third kappa shape index (κ3) is 8.57. The van der Waals surface area contributed by atoms with Gasteiger partial charge >= 0.3 is 5.97 Å². The second kappa shape index (κ2) is 13.8. The highest BCUT2D eigenvalue weighted by molar-refractivity contribution is 7.99. The fourth-order valence-electron chi connectivity index (χ4n) is 2.79. The molecule has 0 radical (unpaired) electrons. The molecular formula is C24H32FNO3S. The molecule has 0 amide bonds. The third-order valence-corrected chi connectivity index (χ3v) is 5.60. The quantitative estimate of drug-likeness (QED) is 0.211. The molecule has 2 rings (SSSR count). The van der Waals surface area contributed by atoms with E-state index >= 15 is 0 Å². The number of unbranched alkanes of at least 4 members (excludes halogenated alkanes) is 1. The molecule has 0 fully saturated rings. The zero-order chi connectivity index (χ0) is 22.5. The summed E-state index contributed by atoms with van der Waals surface area (Å²) in [5, 5.41) is 0. The van der Waals surface area contributed by atoms with E-state index in [1.165, 1.54) is 30.8 Å². The molecular weight excluding hydrogens is 401 g/mol. The zero-order valence-corrected chi connectivity index (χ0v) is 19.1. The van der Waals surface area contributed by atoms with Crippen molar-refractivity contribution in [1.29, 1.82) is 0 Å². The average molecular weight is 434 g/mol. The molecule has 0 heterocycles. The van der Waals surface area contributed by atoms with Crippen molar-refractivity contribution < 1.29 is 18.7 Å². The van der Waals surface area contributed by atoms with Crippen LogP contribution in [-0.2, 0) is 9.53 Å². The summed E-state index contributed by atoms with van der Waals surface area (Å²) in [4.78, 5) is 24.7. The molecule has 0 aliphatic heterocycles. The molecule has 1 atom stereocenters. The summed E-state index contributed by atoms with van der Waals surface area (Å²) in [6.07, 6.45) is 3.01. The number of benzene rings is 2. The van der Waals surface area contributed by atoms with Gasteiger partial charge in [-0.1, -0.05) is 45.7 Å². The lowest BCUT2D eigenvalue weighted by Gasteiger charge is -2.17. The Morgan fingerprint density at radius 3 is 2.53 bits per heavy atom. The molecule has 1 unspecified atom stereocenters. The van der Waals surface area contributed by atoms with Crippen LogP contribution in [0.15, 0.2) is 47.4 Å². The summed E-state index contributed by atoms with van der Waals surface area (Å²) in [7, 11) is 0. The number of hydrogen-bond acceptors (Lipinski definition) is 5. The molecule has 6 heteroatoms. The molecule has 0 saturated carbocycles. The number of carbonyl (C=O) groups excluding carboxylic acids is 2. The molecule has 0 spiro atoms. The first kappa shape index (κ1) is 25.7. The van der Waals surface area contributed by atoms with Crippen LogP contribution in [0.2, 0.25) is 0 Å². The van der Waals surface area contributed by atoms with Gasteiger partial charge in [0, 0.05) is 40.3 Å². The first-order valence-corrected chi connectivity index (χ1v) is 11.3. The van der Waals surface area contributed by atoms with Gasteiger partial charge in [0.25, 0.3) is 0 Å². The highest BCUT2D eigenvalue weighted by atomic mass is 32.2. The summed E-state index contributed by atoms with van der Waals surface area (Å²) in [5.41, 5.74) is 7.00. The van der Waals surface area contributed by atoms with Crippen LogP contribution >= 0.6 is 11.8 Å². The largest absolute Gasteiger partial charge is 0.466 e. The Hall–Kier alpha value is -2.34. The van der Waals surface area contributed by atoms with Crippen LogP contribution in [0, 0.1) is 11.7 Å².